The predicted octanol–water partition coefficient (Wildman–Crippen LogP) is 5.38. The molecule has 2 heterocycles. The highest BCUT2D eigenvalue weighted by atomic mass is 16.4. The van der Waals surface area contributed by atoms with Crippen LogP contribution < -0.4 is 15.6 Å². The molecule has 1 aliphatic rings. The van der Waals surface area contributed by atoms with E-state index in [9.17, 15) is 0 Å². The van der Waals surface area contributed by atoms with E-state index in [-0.39, 0.29) is 6.92 Å². The zero-order valence-electron chi connectivity index (χ0n) is 16.4. The van der Waals surface area contributed by atoms with Crippen LogP contribution in [0.2, 0.25) is 0 Å². The van der Waals surface area contributed by atoms with E-state index in [1.54, 1.807) is 0 Å². The van der Waals surface area contributed by atoms with Gasteiger partial charge in [-0.1, -0.05) is 48.5 Å². The highest BCUT2D eigenvalue weighted by Gasteiger charge is 2.35. The molecule has 1 aliphatic heterocycles. The molecular weight excluding hydrogens is 381 g/mol. The second-order valence-electron chi connectivity index (χ2n) is 7.56. The van der Waals surface area contributed by atoms with Gasteiger partial charge in [-0.15, -0.1) is 0 Å². The van der Waals surface area contributed by atoms with Crippen molar-refractivity contribution in [3.63, 3.8) is 0 Å². The van der Waals surface area contributed by atoms with Gasteiger partial charge in [0.25, 0.3) is 0 Å². The summed E-state index contributed by atoms with van der Waals surface area (Å²) in [5, 5.41) is 1.95. The first-order valence-electron chi connectivity index (χ1n) is 9.96. The third kappa shape index (κ3) is 2.48. The number of aromatic nitrogens is 1. The summed E-state index contributed by atoms with van der Waals surface area (Å²) in [6, 6.07) is 27.6. The van der Waals surface area contributed by atoms with Crippen molar-refractivity contribution in [2.45, 2.75) is 0 Å². The Hall–Kier alpha value is -4.48. The van der Waals surface area contributed by atoms with Gasteiger partial charge in [-0.25, -0.2) is 9.69 Å². The first-order valence-corrected chi connectivity index (χ1v) is 9.96. The Balaban J connectivity index is 1.76. The molecule has 0 fully saturated rings. The standard InChI is InChI=1S/C26H14BN3O/c1-28-17-12-13-24-20(14-17)21-15-18(29-2)16-23-26(21)30(24)25-11-7-6-10-22(25)27(23)31-19-8-4-3-5-9-19/h3-16H. The summed E-state index contributed by atoms with van der Waals surface area (Å²) in [6.45, 7) is 14.8. The van der Waals surface area contributed by atoms with Crippen molar-refractivity contribution in [1.29, 1.82) is 0 Å². The van der Waals surface area contributed by atoms with Gasteiger partial charge in [-0.3, -0.25) is 0 Å². The maximum atomic E-state index is 7.66. The summed E-state index contributed by atoms with van der Waals surface area (Å²) in [7, 11) is 0. The lowest BCUT2D eigenvalue weighted by Gasteiger charge is -2.26. The third-order valence-corrected chi connectivity index (χ3v) is 5.86. The van der Waals surface area contributed by atoms with Crippen LogP contribution in [0.4, 0.5) is 11.4 Å². The van der Waals surface area contributed by atoms with E-state index in [4.69, 9.17) is 17.8 Å². The minimum absolute atomic E-state index is 0.333. The van der Waals surface area contributed by atoms with Gasteiger partial charge in [0.05, 0.1) is 29.9 Å². The quantitative estimate of drug-likeness (QED) is 0.291. The summed E-state index contributed by atoms with van der Waals surface area (Å²) < 4.78 is 8.74. The summed E-state index contributed by atoms with van der Waals surface area (Å²) in [6.07, 6.45) is 0. The molecule has 142 valence electrons. The molecule has 0 spiro atoms. The number of fused-ring (bicyclic) bond motifs is 5. The molecule has 0 N–H and O–H groups in total. The summed E-state index contributed by atoms with van der Waals surface area (Å²) in [4.78, 5) is 7.35. The van der Waals surface area contributed by atoms with Gasteiger partial charge in [-0.2, -0.15) is 0 Å². The number of hydrogen-bond acceptors (Lipinski definition) is 1. The molecular formula is C26H14BN3O. The zero-order chi connectivity index (χ0) is 20.9. The summed E-state index contributed by atoms with van der Waals surface area (Å²) in [5.41, 5.74) is 6.28. The lowest BCUT2D eigenvalue weighted by Crippen LogP contribution is -2.52. The minimum Gasteiger partial charge on any atom is -0.551 e. The normalized spacial score (nSPS) is 11.7. The Labute approximate surface area is 179 Å². The molecule has 5 heteroatoms. The molecule has 0 aliphatic carbocycles. The number of benzene rings is 4. The highest BCUT2D eigenvalue weighted by molar-refractivity contribution is 6.84. The van der Waals surface area contributed by atoms with E-state index in [1.807, 2.05) is 72.8 Å². The van der Waals surface area contributed by atoms with Gasteiger partial charge < -0.3 is 9.22 Å². The maximum absolute atomic E-state index is 7.66. The molecule has 0 unspecified atom stereocenters. The largest absolute Gasteiger partial charge is 0.551 e. The number of hydrogen-bond donors (Lipinski definition) is 0. The second-order valence-corrected chi connectivity index (χ2v) is 7.56. The van der Waals surface area contributed by atoms with Crippen LogP contribution in [-0.2, 0) is 0 Å². The topological polar surface area (TPSA) is 22.9 Å². The van der Waals surface area contributed by atoms with Gasteiger partial charge in [0, 0.05) is 5.69 Å². The molecule has 0 saturated carbocycles. The lowest BCUT2D eigenvalue weighted by molar-refractivity contribution is 0.591. The summed E-state index contributed by atoms with van der Waals surface area (Å²) in [5.74, 6) is 0.781. The van der Waals surface area contributed by atoms with Crippen molar-refractivity contribution >= 4 is 51.0 Å². The smallest absolute Gasteiger partial charge is 0.429 e. The van der Waals surface area contributed by atoms with Crippen LogP contribution in [-0.4, -0.2) is 11.5 Å². The Morgan fingerprint density at radius 3 is 2.26 bits per heavy atom. The van der Waals surface area contributed by atoms with Crippen LogP contribution in [0.5, 0.6) is 5.75 Å². The Morgan fingerprint density at radius 2 is 1.45 bits per heavy atom. The van der Waals surface area contributed by atoms with E-state index in [2.05, 4.69) is 26.4 Å². The molecule has 0 atom stereocenters. The SMILES string of the molecule is [C-]#[N+]c1ccc2c(c1)c1cc([N+]#[C-])cc3c1n2-c1ccccc1B3Oc1ccccc1. The second kappa shape index (κ2) is 6.52. The molecule has 4 aromatic carbocycles. The molecule has 6 rings (SSSR count). The lowest BCUT2D eigenvalue weighted by atomic mass is 9.53. The van der Waals surface area contributed by atoms with Crippen LogP contribution in [0, 0.1) is 13.1 Å². The van der Waals surface area contributed by atoms with Gasteiger partial charge in [0.2, 0.25) is 0 Å². The van der Waals surface area contributed by atoms with Crippen LogP contribution in [0.15, 0.2) is 84.9 Å². The van der Waals surface area contributed by atoms with Gasteiger partial charge in [-0.05, 0) is 58.1 Å². The van der Waals surface area contributed by atoms with Crippen LogP contribution in [0.1, 0.15) is 0 Å². The third-order valence-electron chi connectivity index (χ3n) is 5.86. The van der Waals surface area contributed by atoms with E-state index in [0.717, 1.165) is 44.2 Å². The number of para-hydroxylation sites is 2. The summed E-state index contributed by atoms with van der Waals surface area (Å²) >= 11 is 0. The Morgan fingerprint density at radius 1 is 0.710 bits per heavy atom. The monoisotopic (exact) mass is 395 g/mol. The highest BCUT2D eigenvalue weighted by Crippen LogP contribution is 2.37. The average Bonchev–Trinajstić information content (AvgIpc) is 3.16. The van der Waals surface area contributed by atoms with Gasteiger partial charge >= 0.3 is 6.92 Å². The fourth-order valence-electron chi connectivity index (χ4n) is 4.58. The molecule has 0 bridgehead atoms. The molecule has 1 aromatic heterocycles. The Kier molecular flexibility index (Phi) is 3.66. The zero-order valence-corrected chi connectivity index (χ0v) is 16.4. The van der Waals surface area contributed by atoms with Crippen molar-refractivity contribution in [2.24, 2.45) is 0 Å². The first kappa shape index (κ1) is 17.4. The Bertz CT molecular complexity index is 1590. The van der Waals surface area contributed by atoms with Crippen LogP contribution in [0.25, 0.3) is 37.2 Å². The van der Waals surface area contributed by atoms with Crippen molar-refractivity contribution in [3.8, 4) is 11.4 Å². The molecule has 31 heavy (non-hydrogen) atoms. The van der Waals surface area contributed by atoms with E-state index in [1.165, 1.54) is 0 Å². The van der Waals surface area contributed by atoms with Crippen molar-refractivity contribution in [3.05, 3.63) is 108 Å². The fraction of sp³-hybridized carbons (Fsp3) is 0. The average molecular weight is 395 g/mol. The fourth-order valence-corrected chi connectivity index (χ4v) is 4.58. The van der Waals surface area contributed by atoms with Crippen LogP contribution in [0.3, 0.4) is 0 Å². The van der Waals surface area contributed by atoms with Gasteiger partial charge in [0.15, 0.2) is 11.4 Å². The van der Waals surface area contributed by atoms with Crippen molar-refractivity contribution in [2.75, 3.05) is 0 Å². The van der Waals surface area contributed by atoms with E-state index >= 15 is 0 Å². The molecule has 0 amide bonds. The molecule has 5 aromatic rings. The number of nitrogens with zero attached hydrogens (tertiary/aromatic N) is 3. The van der Waals surface area contributed by atoms with E-state index in [0.29, 0.717) is 11.4 Å². The molecule has 0 radical (unpaired) electrons. The van der Waals surface area contributed by atoms with Crippen molar-refractivity contribution in [1.82, 2.24) is 4.57 Å². The predicted molar refractivity (Wildman–Crippen MR) is 125 cm³/mol. The molecule has 4 nitrogen and oxygen atoms in total. The minimum atomic E-state index is -0.333. The number of rotatable bonds is 2. The molecule has 0 saturated heterocycles. The van der Waals surface area contributed by atoms with Gasteiger partial charge in [0.1, 0.15) is 0 Å². The first-order chi connectivity index (χ1) is 15.3. The van der Waals surface area contributed by atoms with Crippen molar-refractivity contribution < 1.29 is 4.65 Å². The maximum Gasteiger partial charge on any atom is 0.429 e. The van der Waals surface area contributed by atoms with Crippen LogP contribution >= 0.6 is 0 Å². The van der Waals surface area contributed by atoms with E-state index < -0.39 is 0 Å².